The Morgan fingerprint density at radius 1 is 0.360 bits per heavy atom. The molecule has 646 valence electrons. The number of hydrogen-bond donors (Lipinski definition) is 4. The second-order valence-electron chi connectivity index (χ2n) is 29.9. The molecule has 13 aromatic rings. The molecule has 4 heterocycles. The molecular formula is C91H84F6N12O16. The Balaban J connectivity index is 0.000000175. The quantitative estimate of drug-likeness (QED) is 0.0383. The molecule has 0 radical (unpaired) electrons. The van der Waals surface area contributed by atoms with E-state index < -0.39 is 83.3 Å². The lowest BCUT2D eigenvalue weighted by Gasteiger charge is -2.26. The van der Waals surface area contributed by atoms with Crippen molar-refractivity contribution in [2.75, 3.05) is 0 Å². The first-order chi connectivity index (χ1) is 59.4. The van der Waals surface area contributed by atoms with Gasteiger partial charge in [0.2, 0.25) is 23.3 Å². The van der Waals surface area contributed by atoms with Crippen molar-refractivity contribution in [2.24, 2.45) is 17.3 Å². The maximum Gasteiger partial charge on any atom is 0.414 e. The molecule has 0 aliphatic carbocycles. The number of alkyl halides is 2. The average molecular weight is 1720 g/mol. The van der Waals surface area contributed by atoms with Gasteiger partial charge >= 0.3 is 24.4 Å². The third-order valence-corrected chi connectivity index (χ3v) is 18.5. The first kappa shape index (κ1) is 92.2. The molecule has 125 heavy (non-hydrogen) atoms. The van der Waals surface area contributed by atoms with E-state index in [-0.39, 0.29) is 127 Å². The SMILES string of the molecule is CC(C)C(C)OC(=O)NC(=O)c1cccc(-c2noc(-c3ccccc3F)n2)c1.CC(C)CC(C)OC(=O)NC(=O)c1cccc(-c2noc(-c3ccccc3F)n2)c1.CC(OC(=O)NC(=O)c1cccc(-c2noc(-c3ccccc3F)n2)c1)C(C)(C)C.CC(OC(=O)NC(=O)c1cccc(-c2noc(-c3ccccc3F)n2)c1)c1ccc(C(C)(F)F)cc1. The lowest BCUT2D eigenvalue weighted by Crippen LogP contribution is -2.37. The predicted molar refractivity (Wildman–Crippen MR) is 443 cm³/mol. The number of benzene rings is 9. The molecule has 0 fully saturated rings. The van der Waals surface area contributed by atoms with E-state index in [1.54, 1.807) is 125 Å². The van der Waals surface area contributed by atoms with E-state index >= 15 is 0 Å². The Bertz CT molecular complexity index is 5980. The molecule has 0 aliphatic heterocycles. The van der Waals surface area contributed by atoms with Crippen LogP contribution in [0.5, 0.6) is 0 Å². The van der Waals surface area contributed by atoms with Gasteiger partial charge in [0.1, 0.15) is 47.7 Å². The summed E-state index contributed by atoms with van der Waals surface area (Å²) in [6, 6.07) is 54.5. The molecule has 4 N–H and O–H groups in total. The predicted octanol–water partition coefficient (Wildman–Crippen LogP) is 20.4. The summed E-state index contributed by atoms with van der Waals surface area (Å²) in [5, 5.41) is 24.1. The van der Waals surface area contributed by atoms with Gasteiger partial charge in [-0.15, -0.1) is 0 Å². The number of amides is 8. The maximum absolute atomic E-state index is 14.0. The average Bonchev–Trinajstić information content (AvgIpc) is 1.70. The van der Waals surface area contributed by atoms with Crippen molar-refractivity contribution >= 4 is 48.0 Å². The molecule has 0 bridgehead atoms. The molecule has 0 saturated carbocycles. The Morgan fingerprint density at radius 2 is 0.648 bits per heavy atom. The number of nitrogens with zero attached hydrogens (tertiary/aromatic N) is 8. The van der Waals surface area contributed by atoms with E-state index in [1.165, 1.54) is 121 Å². The van der Waals surface area contributed by atoms with Crippen LogP contribution < -0.4 is 21.3 Å². The minimum absolute atomic E-state index is 0.0220. The Labute approximate surface area is 711 Å². The van der Waals surface area contributed by atoms with Crippen LogP contribution in [0.1, 0.15) is 148 Å². The lowest BCUT2D eigenvalue weighted by molar-refractivity contribution is 0.0173. The first-order valence-electron chi connectivity index (χ1n) is 38.8. The summed E-state index contributed by atoms with van der Waals surface area (Å²) < 4.78 is 124. The molecule has 4 atom stereocenters. The van der Waals surface area contributed by atoms with Crippen molar-refractivity contribution in [3.8, 4) is 91.4 Å². The minimum Gasteiger partial charge on any atom is -0.446 e. The van der Waals surface area contributed by atoms with Gasteiger partial charge in [0, 0.05) is 57.0 Å². The second-order valence-corrected chi connectivity index (χ2v) is 29.9. The highest BCUT2D eigenvalue weighted by Gasteiger charge is 2.29. The van der Waals surface area contributed by atoms with Crippen LogP contribution >= 0.6 is 0 Å². The van der Waals surface area contributed by atoms with E-state index in [2.05, 4.69) is 61.8 Å². The Hall–Kier alpha value is -15.1. The monoisotopic (exact) mass is 1710 g/mol. The molecule has 0 aliphatic rings. The molecule has 8 amide bonds. The zero-order valence-electron chi connectivity index (χ0n) is 69.3. The van der Waals surface area contributed by atoms with Crippen molar-refractivity contribution in [1.29, 1.82) is 0 Å². The number of nitrogens with one attached hydrogen (secondary N) is 4. The molecule has 9 aromatic carbocycles. The minimum atomic E-state index is -2.98. The van der Waals surface area contributed by atoms with Crippen molar-refractivity contribution in [3.63, 3.8) is 0 Å². The van der Waals surface area contributed by atoms with Crippen LogP contribution in [0.2, 0.25) is 0 Å². The number of ether oxygens (including phenoxy) is 4. The highest BCUT2D eigenvalue weighted by atomic mass is 19.3. The largest absolute Gasteiger partial charge is 0.446 e. The third-order valence-electron chi connectivity index (χ3n) is 18.5. The number of halogens is 6. The normalized spacial score (nSPS) is 12.1. The van der Waals surface area contributed by atoms with E-state index in [0.29, 0.717) is 40.2 Å². The molecule has 34 heteroatoms. The summed E-state index contributed by atoms with van der Waals surface area (Å²) in [6.07, 6.45) is -4.57. The van der Waals surface area contributed by atoms with E-state index in [4.69, 9.17) is 37.0 Å². The van der Waals surface area contributed by atoms with Gasteiger partial charge < -0.3 is 37.0 Å². The number of aromatic nitrogens is 8. The van der Waals surface area contributed by atoms with Gasteiger partial charge in [-0.05, 0) is 154 Å². The summed E-state index contributed by atoms with van der Waals surface area (Å²) in [4.78, 5) is 115. The third kappa shape index (κ3) is 26.0. The zero-order chi connectivity index (χ0) is 90.4. The van der Waals surface area contributed by atoms with Crippen LogP contribution in [0.4, 0.5) is 45.5 Å². The van der Waals surface area contributed by atoms with Gasteiger partial charge in [0.25, 0.3) is 53.1 Å². The number of alkyl carbamates (subject to hydrolysis) is 4. The molecule has 0 saturated heterocycles. The van der Waals surface area contributed by atoms with Gasteiger partial charge in [-0.2, -0.15) is 19.9 Å². The molecule has 28 nitrogen and oxygen atoms in total. The summed E-state index contributed by atoms with van der Waals surface area (Å²) in [7, 11) is 0. The van der Waals surface area contributed by atoms with E-state index in [1.807, 2.05) is 48.5 Å². The zero-order valence-corrected chi connectivity index (χ0v) is 69.3. The lowest BCUT2D eigenvalue weighted by atomic mass is 9.90. The summed E-state index contributed by atoms with van der Waals surface area (Å²) in [6.45, 7) is 21.2. The molecule has 4 aromatic heterocycles. The topological polar surface area (TPSA) is 377 Å². The van der Waals surface area contributed by atoms with Crippen molar-refractivity contribution in [2.45, 2.75) is 120 Å². The van der Waals surface area contributed by atoms with Gasteiger partial charge in [-0.25, -0.2) is 45.5 Å². The van der Waals surface area contributed by atoms with Gasteiger partial charge in [0.05, 0.1) is 22.3 Å². The fourth-order valence-electron chi connectivity index (χ4n) is 11.1. The number of imide groups is 4. The smallest absolute Gasteiger partial charge is 0.414 e. The number of rotatable bonds is 21. The number of hydrogen-bond acceptors (Lipinski definition) is 24. The van der Waals surface area contributed by atoms with Crippen LogP contribution in [0.25, 0.3) is 91.4 Å². The first-order valence-corrected chi connectivity index (χ1v) is 38.8. The standard InChI is InChI=1S/C26H20F3N3O4.2C22H22FN3O4.C21H20FN3O4/c1-15(16-10-12-19(13-11-16)26(2,28)29)35-25(34)31-23(33)18-7-5-6-17(14-18)22-30-24(36-32-22)20-8-3-4-9-21(20)27;1-13(22(2,3)4)29-21(28)25-19(27)15-9-7-8-14(12-15)18-24-20(30-26-18)16-10-5-6-11-17(16)23;1-13(2)11-14(3)29-22(28)25-20(27)16-8-6-7-15(12-16)19-24-21(30-26-19)17-9-4-5-10-18(17)23;1-12(2)13(3)28-21(27)24-19(26)15-8-6-7-14(11-15)18-23-20(29-25-18)16-9-4-5-10-17(16)22/h3-15H,1-2H3,(H,31,33,34);5-13H,1-4H3,(H,25,27,28);4-10,12-14H,11H2,1-3H3,(H,25,27,28);4-13H,1-3H3,(H,24,26,27). The fraction of sp³-hybridized carbons (Fsp3) is 0.231. The maximum atomic E-state index is 14.0. The van der Waals surface area contributed by atoms with Crippen LogP contribution in [-0.2, 0) is 24.9 Å². The van der Waals surface area contributed by atoms with Crippen LogP contribution in [0, 0.1) is 40.5 Å². The van der Waals surface area contributed by atoms with E-state index in [9.17, 15) is 64.7 Å². The van der Waals surface area contributed by atoms with Crippen LogP contribution in [0.15, 0.2) is 236 Å². The summed E-state index contributed by atoms with van der Waals surface area (Å²) in [5.41, 5.74) is 3.36. The van der Waals surface area contributed by atoms with Gasteiger partial charge in [-0.3, -0.25) is 40.4 Å². The molecule has 13 rings (SSSR count). The highest BCUT2D eigenvalue weighted by molar-refractivity contribution is 6.06. The Morgan fingerprint density at radius 3 is 0.928 bits per heavy atom. The molecule has 4 unspecified atom stereocenters. The van der Waals surface area contributed by atoms with Crippen molar-refractivity contribution in [3.05, 3.63) is 275 Å². The number of carbonyl (C=O) groups excluding carboxylic acids is 8. The summed E-state index contributed by atoms with van der Waals surface area (Å²) >= 11 is 0. The van der Waals surface area contributed by atoms with Gasteiger partial charge in [-0.1, -0.05) is 190 Å². The molecular weight excluding hydrogens is 1630 g/mol. The van der Waals surface area contributed by atoms with E-state index in [0.717, 1.165) is 6.92 Å². The fourth-order valence-corrected chi connectivity index (χ4v) is 11.1. The highest BCUT2D eigenvalue weighted by Crippen LogP contribution is 2.33. The van der Waals surface area contributed by atoms with Crippen LogP contribution in [0.3, 0.4) is 0 Å². The summed E-state index contributed by atoms with van der Waals surface area (Å²) in [5.74, 6) is -6.31. The second kappa shape index (κ2) is 41.9. The van der Waals surface area contributed by atoms with Crippen molar-refractivity contribution in [1.82, 2.24) is 61.8 Å². The number of carbonyl (C=O) groups is 8. The van der Waals surface area contributed by atoms with Gasteiger partial charge in [0.15, 0.2) is 0 Å². The molecule has 0 spiro atoms. The van der Waals surface area contributed by atoms with Crippen molar-refractivity contribution < 1.29 is 102 Å². The van der Waals surface area contributed by atoms with Crippen LogP contribution in [-0.4, -0.2) is 107 Å². The Kier molecular flexibility index (Phi) is 30.9.